The summed E-state index contributed by atoms with van der Waals surface area (Å²) in [5.41, 5.74) is 5.48. The number of methoxy groups -OCH3 is 1. The first-order valence-corrected chi connectivity index (χ1v) is 5.61. The van der Waals surface area contributed by atoms with Crippen LogP contribution < -0.4 is 5.73 Å². The van der Waals surface area contributed by atoms with E-state index in [-0.39, 0.29) is 0 Å². The summed E-state index contributed by atoms with van der Waals surface area (Å²) in [5.74, 6) is 0.810. The summed E-state index contributed by atoms with van der Waals surface area (Å²) >= 11 is 0. The molecule has 2 N–H and O–H groups in total. The van der Waals surface area contributed by atoms with Crippen LogP contribution in [-0.2, 0) is 4.74 Å². The number of ether oxygens (including phenoxy) is 1. The molecule has 0 saturated heterocycles. The summed E-state index contributed by atoms with van der Waals surface area (Å²) < 4.78 is 5.50. The van der Waals surface area contributed by atoms with Crippen LogP contribution in [0, 0.1) is 5.92 Å². The number of hydrogen-bond donors (Lipinski definition) is 1. The van der Waals surface area contributed by atoms with E-state index in [9.17, 15) is 0 Å². The van der Waals surface area contributed by atoms with E-state index in [0.29, 0.717) is 6.10 Å². The second kappa shape index (κ2) is 6.39. The van der Waals surface area contributed by atoms with Crippen molar-refractivity contribution in [2.45, 2.75) is 51.0 Å². The minimum Gasteiger partial charge on any atom is -0.381 e. The molecule has 0 radical (unpaired) electrons. The van der Waals surface area contributed by atoms with Gasteiger partial charge in [-0.05, 0) is 38.1 Å². The first-order valence-electron chi connectivity index (χ1n) is 5.61. The minimum absolute atomic E-state index is 0.534. The van der Waals surface area contributed by atoms with Crippen molar-refractivity contribution in [3.63, 3.8) is 0 Å². The molecule has 78 valence electrons. The summed E-state index contributed by atoms with van der Waals surface area (Å²) in [6.45, 7) is 0.838. The number of nitrogens with two attached hydrogens (primary N) is 1. The average Bonchev–Trinajstić information content (AvgIpc) is 2.19. The molecule has 2 atom stereocenters. The van der Waals surface area contributed by atoms with E-state index in [1.807, 2.05) is 7.11 Å². The molecule has 1 rings (SSSR count). The molecule has 0 amide bonds. The Hall–Kier alpha value is -0.0800. The van der Waals surface area contributed by atoms with Gasteiger partial charge in [-0.25, -0.2) is 0 Å². The van der Waals surface area contributed by atoms with Gasteiger partial charge >= 0.3 is 0 Å². The third-order valence-electron chi connectivity index (χ3n) is 3.17. The Morgan fingerprint density at radius 3 is 2.69 bits per heavy atom. The van der Waals surface area contributed by atoms with E-state index < -0.39 is 0 Å². The Morgan fingerprint density at radius 2 is 2.00 bits per heavy atom. The lowest BCUT2D eigenvalue weighted by Crippen LogP contribution is -2.26. The topological polar surface area (TPSA) is 35.2 Å². The Balaban J connectivity index is 2.19. The number of hydrogen-bond acceptors (Lipinski definition) is 2. The lowest BCUT2D eigenvalue weighted by Gasteiger charge is -2.30. The Morgan fingerprint density at radius 1 is 1.23 bits per heavy atom. The molecule has 1 aliphatic rings. The van der Waals surface area contributed by atoms with Crippen LogP contribution in [0.15, 0.2) is 0 Å². The summed E-state index contributed by atoms with van der Waals surface area (Å²) in [6, 6.07) is 0. The van der Waals surface area contributed by atoms with E-state index in [1.165, 1.54) is 44.9 Å². The highest BCUT2D eigenvalue weighted by Gasteiger charge is 2.23. The maximum absolute atomic E-state index is 5.50. The van der Waals surface area contributed by atoms with Gasteiger partial charge in [0.2, 0.25) is 0 Å². The molecule has 0 aromatic rings. The molecule has 2 nitrogen and oxygen atoms in total. The maximum atomic E-state index is 5.50. The standard InChI is InChI=1S/C11H23NO/c1-13-11-8-3-2-6-10(11)7-4-5-9-12/h10-11H,2-9,12H2,1H3. The van der Waals surface area contributed by atoms with Gasteiger partial charge in [0.1, 0.15) is 0 Å². The largest absolute Gasteiger partial charge is 0.381 e. The van der Waals surface area contributed by atoms with E-state index in [0.717, 1.165) is 12.5 Å². The lowest BCUT2D eigenvalue weighted by atomic mass is 9.83. The molecule has 0 aliphatic heterocycles. The van der Waals surface area contributed by atoms with E-state index in [4.69, 9.17) is 10.5 Å². The first kappa shape index (κ1) is 11.0. The maximum Gasteiger partial charge on any atom is 0.0599 e. The molecule has 2 unspecified atom stereocenters. The normalized spacial score (nSPS) is 29.1. The van der Waals surface area contributed by atoms with Crippen molar-refractivity contribution in [1.82, 2.24) is 0 Å². The lowest BCUT2D eigenvalue weighted by molar-refractivity contribution is 0.0195. The predicted octanol–water partition coefficient (Wildman–Crippen LogP) is 2.32. The zero-order chi connectivity index (χ0) is 9.52. The Labute approximate surface area is 81.8 Å². The smallest absolute Gasteiger partial charge is 0.0599 e. The SMILES string of the molecule is COC1CCCCC1CCCCN. The van der Waals surface area contributed by atoms with Gasteiger partial charge in [-0.15, -0.1) is 0 Å². The average molecular weight is 185 g/mol. The quantitative estimate of drug-likeness (QED) is 0.667. The van der Waals surface area contributed by atoms with Crippen molar-refractivity contribution >= 4 is 0 Å². The van der Waals surface area contributed by atoms with Crippen LogP contribution in [-0.4, -0.2) is 19.8 Å². The third kappa shape index (κ3) is 3.65. The van der Waals surface area contributed by atoms with E-state index >= 15 is 0 Å². The fourth-order valence-corrected chi connectivity index (χ4v) is 2.37. The zero-order valence-electron chi connectivity index (χ0n) is 8.80. The van der Waals surface area contributed by atoms with Crippen LogP contribution in [0.2, 0.25) is 0 Å². The van der Waals surface area contributed by atoms with Gasteiger partial charge in [0.15, 0.2) is 0 Å². The summed E-state index contributed by atoms with van der Waals surface area (Å²) in [7, 11) is 1.85. The van der Waals surface area contributed by atoms with Gasteiger partial charge in [0.25, 0.3) is 0 Å². The van der Waals surface area contributed by atoms with Crippen molar-refractivity contribution in [3.05, 3.63) is 0 Å². The van der Waals surface area contributed by atoms with Crippen molar-refractivity contribution in [2.75, 3.05) is 13.7 Å². The third-order valence-corrected chi connectivity index (χ3v) is 3.17. The predicted molar refractivity (Wildman–Crippen MR) is 55.7 cm³/mol. The van der Waals surface area contributed by atoms with Crippen LogP contribution in [0.3, 0.4) is 0 Å². The highest BCUT2D eigenvalue weighted by molar-refractivity contribution is 4.75. The van der Waals surface area contributed by atoms with Crippen LogP contribution in [0.5, 0.6) is 0 Å². The van der Waals surface area contributed by atoms with Crippen LogP contribution in [0.25, 0.3) is 0 Å². The Kier molecular flexibility index (Phi) is 5.40. The highest BCUT2D eigenvalue weighted by Crippen LogP contribution is 2.29. The molecule has 1 fully saturated rings. The van der Waals surface area contributed by atoms with Gasteiger partial charge in [-0.1, -0.05) is 19.3 Å². The van der Waals surface area contributed by atoms with Gasteiger partial charge in [-0.3, -0.25) is 0 Å². The molecule has 13 heavy (non-hydrogen) atoms. The van der Waals surface area contributed by atoms with Gasteiger partial charge in [0.05, 0.1) is 6.10 Å². The van der Waals surface area contributed by atoms with Crippen LogP contribution >= 0.6 is 0 Å². The zero-order valence-corrected chi connectivity index (χ0v) is 8.80. The monoisotopic (exact) mass is 185 g/mol. The summed E-state index contributed by atoms with van der Waals surface area (Å²) in [6.07, 6.45) is 9.68. The second-order valence-corrected chi connectivity index (χ2v) is 4.10. The fraction of sp³-hybridized carbons (Fsp3) is 1.00. The first-order chi connectivity index (χ1) is 6.38. The highest BCUT2D eigenvalue weighted by atomic mass is 16.5. The van der Waals surface area contributed by atoms with Crippen molar-refractivity contribution in [1.29, 1.82) is 0 Å². The Bertz CT molecular complexity index is 127. The second-order valence-electron chi connectivity index (χ2n) is 4.10. The van der Waals surface area contributed by atoms with E-state index in [2.05, 4.69) is 0 Å². The van der Waals surface area contributed by atoms with Gasteiger partial charge in [-0.2, -0.15) is 0 Å². The molecular weight excluding hydrogens is 162 g/mol. The molecule has 0 spiro atoms. The molecule has 0 heterocycles. The van der Waals surface area contributed by atoms with Gasteiger partial charge in [0, 0.05) is 7.11 Å². The van der Waals surface area contributed by atoms with Crippen LogP contribution in [0.4, 0.5) is 0 Å². The fourth-order valence-electron chi connectivity index (χ4n) is 2.37. The molecule has 1 aliphatic carbocycles. The summed E-state index contributed by atoms with van der Waals surface area (Å²) in [4.78, 5) is 0. The molecule has 0 aromatic heterocycles. The number of unbranched alkanes of at least 4 members (excludes halogenated alkanes) is 1. The molecule has 0 aromatic carbocycles. The van der Waals surface area contributed by atoms with Crippen molar-refractivity contribution < 1.29 is 4.74 Å². The molecular formula is C11H23NO. The van der Waals surface area contributed by atoms with Crippen molar-refractivity contribution in [2.24, 2.45) is 11.7 Å². The van der Waals surface area contributed by atoms with E-state index in [1.54, 1.807) is 0 Å². The van der Waals surface area contributed by atoms with Gasteiger partial charge < -0.3 is 10.5 Å². The molecule has 2 heteroatoms. The van der Waals surface area contributed by atoms with Crippen molar-refractivity contribution in [3.8, 4) is 0 Å². The molecule has 0 bridgehead atoms. The molecule has 1 saturated carbocycles. The minimum atomic E-state index is 0.534. The number of rotatable bonds is 5. The summed E-state index contributed by atoms with van der Waals surface area (Å²) in [5, 5.41) is 0. The van der Waals surface area contributed by atoms with Crippen LogP contribution in [0.1, 0.15) is 44.9 Å².